The van der Waals surface area contributed by atoms with Crippen LogP contribution in [0.5, 0.6) is 0 Å². The molecule has 0 saturated heterocycles. The average molecular weight is 184 g/mol. The lowest BCUT2D eigenvalue weighted by Gasteiger charge is -1.99. The molecule has 0 aromatic rings. The van der Waals surface area contributed by atoms with Crippen molar-refractivity contribution in [1.29, 1.82) is 0 Å². The predicted molar refractivity (Wildman–Crippen MR) is 45.1 cm³/mol. The first kappa shape index (κ1) is 9.92. The van der Waals surface area contributed by atoms with Crippen LogP contribution in [-0.4, -0.2) is 32.1 Å². The maximum atomic E-state index is 11.2. The van der Waals surface area contributed by atoms with Crippen LogP contribution < -0.4 is 0 Å². The van der Waals surface area contributed by atoms with Gasteiger partial charge in [-0.15, -0.1) is 0 Å². The third-order valence-electron chi connectivity index (χ3n) is 2.00. The van der Waals surface area contributed by atoms with Gasteiger partial charge in [-0.05, 0) is 6.08 Å². The molecule has 0 fully saturated rings. The molecule has 0 N–H and O–H groups in total. The molecular weight excluding hydrogens is 172 g/mol. The van der Waals surface area contributed by atoms with Crippen LogP contribution in [0.1, 0.15) is 12.8 Å². The summed E-state index contributed by atoms with van der Waals surface area (Å²) in [6.45, 7) is 0. The molecule has 0 amide bonds. The van der Waals surface area contributed by atoms with Crippen molar-refractivity contribution in [3.63, 3.8) is 0 Å². The molecule has 72 valence electrons. The molecule has 4 heteroatoms. The molecule has 1 aliphatic rings. The van der Waals surface area contributed by atoms with Gasteiger partial charge in [0.15, 0.2) is 5.78 Å². The zero-order valence-electron chi connectivity index (χ0n) is 7.70. The molecule has 13 heavy (non-hydrogen) atoms. The van der Waals surface area contributed by atoms with Crippen LogP contribution in [0.4, 0.5) is 0 Å². The van der Waals surface area contributed by atoms with E-state index in [1.165, 1.54) is 14.2 Å². The fraction of sp³-hybridized carbons (Fsp3) is 0.556. The minimum Gasteiger partial charge on any atom is -0.469 e. The number of methoxy groups -OCH3 is 2. The fourth-order valence-corrected chi connectivity index (χ4v) is 1.23. The van der Waals surface area contributed by atoms with E-state index >= 15 is 0 Å². The molecule has 0 radical (unpaired) electrons. The van der Waals surface area contributed by atoms with Gasteiger partial charge in [-0.2, -0.15) is 0 Å². The predicted octanol–water partition coefficient (Wildman–Crippen LogP) is 0.464. The topological polar surface area (TPSA) is 52.6 Å². The van der Waals surface area contributed by atoms with Gasteiger partial charge in [0.05, 0.1) is 19.6 Å². The number of Topliss-reactive ketones (excluding diaryl/α,β-unsaturated/α-hetero) is 1. The monoisotopic (exact) mass is 184 g/mol. The van der Waals surface area contributed by atoms with Gasteiger partial charge in [-0.3, -0.25) is 9.59 Å². The summed E-state index contributed by atoms with van der Waals surface area (Å²) in [5.41, 5.74) is 0.499. The highest BCUT2D eigenvalue weighted by molar-refractivity contribution is 6.01. The summed E-state index contributed by atoms with van der Waals surface area (Å²) in [5, 5.41) is 0. The van der Waals surface area contributed by atoms with E-state index in [1.807, 2.05) is 0 Å². The van der Waals surface area contributed by atoms with Crippen LogP contribution >= 0.6 is 0 Å². The Labute approximate surface area is 76.5 Å². The molecule has 0 bridgehead atoms. The molecule has 0 heterocycles. The minimum atomic E-state index is -0.392. The van der Waals surface area contributed by atoms with Gasteiger partial charge in [-0.1, -0.05) is 0 Å². The highest BCUT2D eigenvalue weighted by Crippen LogP contribution is 2.19. The first-order valence-electron chi connectivity index (χ1n) is 4.01. The fourth-order valence-electron chi connectivity index (χ4n) is 1.23. The van der Waals surface area contributed by atoms with Crippen molar-refractivity contribution in [2.24, 2.45) is 0 Å². The van der Waals surface area contributed by atoms with Crippen molar-refractivity contribution in [2.45, 2.75) is 18.9 Å². The molecule has 0 aliphatic heterocycles. The normalized spacial score (nSPS) is 21.5. The third kappa shape index (κ3) is 2.39. The van der Waals surface area contributed by atoms with Crippen molar-refractivity contribution in [2.75, 3.05) is 14.2 Å². The van der Waals surface area contributed by atoms with Gasteiger partial charge in [0, 0.05) is 19.1 Å². The Kier molecular flexibility index (Phi) is 3.19. The van der Waals surface area contributed by atoms with Crippen LogP contribution in [0.2, 0.25) is 0 Å². The smallest absolute Gasteiger partial charge is 0.310 e. The highest BCUT2D eigenvalue weighted by atomic mass is 16.5. The maximum absolute atomic E-state index is 11.2. The first-order valence-corrected chi connectivity index (χ1v) is 4.01. The first-order chi connectivity index (χ1) is 6.17. The van der Waals surface area contributed by atoms with E-state index in [-0.39, 0.29) is 18.3 Å². The van der Waals surface area contributed by atoms with Crippen LogP contribution in [0.3, 0.4) is 0 Å². The number of rotatable bonds is 3. The SMILES string of the molecule is COC(=O)CC1=CC(OC)CC1=O. The van der Waals surface area contributed by atoms with E-state index in [2.05, 4.69) is 4.74 Å². The Balaban J connectivity index is 2.59. The quantitative estimate of drug-likeness (QED) is 0.598. The third-order valence-corrected chi connectivity index (χ3v) is 2.00. The molecule has 1 aliphatic carbocycles. The van der Waals surface area contributed by atoms with E-state index in [9.17, 15) is 9.59 Å². The number of ketones is 1. The summed E-state index contributed by atoms with van der Waals surface area (Å²) in [7, 11) is 2.84. The van der Waals surface area contributed by atoms with E-state index in [0.717, 1.165) is 0 Å². The Morgan fingerprint density at radius 2 is 2.31 bits per heavy atom. The van der Waals surface area contributed by atoms with Gasteiger partial charge in [-0.25, -0.2) is 0 Å². The maximum Gasteiger partial charge on any atom is 0.310 e. The van der Waals surface area contributed by atoms with Crippen molar-refractivity contribution in [3.05, 3.63) is 11.6 Å². The number of ether oxygens (including phenoxy) is 2. The van der Waals surface area contributed by atoms with Crippen molar-refractivity contribution in [1.82, 2.24) is 0 Å². The van der Waals surface area contributed by atoms with Gasteiger partial charge in [0.1, 0.15) is 0 Å². The van der Waals surface area contributed by atoms with Gasteiger partial charge in [0.25, 0.3) is 0 Å². The number of hydrogen-bond donors (Lipinski definition) is 0. The zero-order valence-corrected chi connectivity index (χ0v) is 7.70. The lowest BCUT2D eigenvalue weighted by molar-refractivity contribution is -0.140. The van der Waals surface area contributed by atoms with Crippen LogP contribution in [0, 0.1) is 0 Å². The zero-order chi connectivity index (χ0) is 9.84. The number of hydrogen-bond acceptors (Lipinski definition) is 4. The number of carbonyl (C=O) groups excluding carboxylic acids is 2. The number of esters is 1. The van der Waals surface area contributed by atoms with Gasteiger partial charge < -0.3 is 9.47 Å². The molecule has 0 saturated carbocycles. The minimum absolute atomic E-state index is 0.0303. The molecule has 1 atom stereocenters. The van der Waals surface area contributed by atoms with Crippen molar-refractivity contribution in [3.8, 4) is 0 Å². The van der Waals surface area contributed by atoms with Crippen LogP contribution in [0.15, 0.2) is 11.6 Å². The Morgan fingerprint density at radius 1 is 1.62 bits per heavy atom. The van der Waals surface area contributed by atoms with Crippen molar-refractivity contribution >= 4 is 11.8 Å². The van der Waals surface area contributed by atoms with Crippen LogP contribution in [-0.2, 0) is 19.1 Å². The molecule has 0 aromatic carbocycles. The second-order valence-corrected chi connectivity index (χ2v) is 2.85. The van der Waals surface area contributed by atoms with E-state index in [4.69, 9.17) is 4.74 Å². The lowest BCUT2D eigenvalue weighted by Crippen LogP contribution is -2.07. The summed E-state index contributed by atoms with van der Waals surface area (Å²) in [5.74, 6) is -0.423. The van der Waals surface area contributed by atoms with E-state index in [1.54, 1.807) is 6.08 Å². The Morgan fingerprint density at radius 3 is 2.77 bits per heavy atom. The lowest BCUT2D eigenvalue weighted by atomic mass is 10.1. The molecule has 1 rings (SSSR count). The highest BCUT2D eigenvalue weighted by Gasteiger charge is 2.25. The Bertz CT molecular complexity index is 254. The second-order valence-electron chi connectivity index (χ2n) is 2.85. The summed E-state index contributed by atoms with van der Waals surface area (Å²) in [6.07, 6.45) is 1.89. The van der Waals surface area contributed by atoms with E-state index in [0.29, 0.717) is 12.0 Å². The van der Waals surface area contributed by atoms with Gasteiger partial charge >= 0.3 is 5.97 Å². The van der Waals surface area contributed by atoms with Crippen molar-refractivity contribution < 1.29 is 19.1 Å². The van der Waals surface area contributed by atoms with E-state index < -0.39 is 5.97 Å². The molecule has 4 nitrogen and oxygen atoms in total. The average Bonchev–Trinajstić information content (AvgIpc) is 2.47. The second kappa shape index (κ2) is 4.18. The molecular formula is C9H12O4. The molecule has 1 unspecified atom stereocenters. The summed E-state index contributed by atoms with van der Waals surface area (Å²) >= 11 is 0. The molecule has 0 aromatic heterocycles. The largest absolute Gasteiger partial charge is 0.469 e. The Hall–Kier alpha value is -1.16. The standard InChI is InChI=1S/C9H12O4/c1-12-7-3-6(8(10)5-7)4-9(11)13-2/h3,7H,4-5H2,1-2H3. The van der Waals surface area contributed by atoms with Crippen LogP contribution in [0.25, 0.3) is 0 Å². The summed E-state index contributed by atoms with van der Waals surface area (Å²) in [6, 6.07) is 0. The summed E-state index contributed by atoms with van der Waals surface area (Å²) in [4.78, 5) is 22.1. The summed E-state index contributed by atoms with van der Waals surface area (Å²) < 4.78 is 9.43. The van der Waals surface area contributed by atoms with Gasteiger partial charge in [0.2, 0.25) is 0 Å². The number of carbonyl (C=O) groups is 2. The molecule has 0 spiro atoms.